The zero-order valence-electron chi connectivity index (χ0n) is 9.71. The van der Waals surface area contributed by atoms with Crippen molar-refractivity contribution >= 4 is 40.2 Å². The molecule has 3 N–H and O–H groups in total. The second-order valence-electron chi connectivity index (χ2n) is 3.56. The predicted octanol–water partition coefficient (Wildman–Crippen LogP) is 1.47. The van der Waals surface area contributed by atoms with E-state index in [0.29, 0.717) is 15.2 Å². The van der Waals surface area contributed by atoms with Crippen LogP contribution in [-0.4, -0.2) is 22.3 Å². The molecule has 0 bridgehead atoms. The lowest BCUT2D eigenvalue weighted by atomic mass is 10.2. The van der Waals surface area contributed by atoms with E-state index in [1.807, 2.05) is 0 Å². The molecule has 6 nitrogen and oxygen atoms in total. The Morgan fingerprint density at radius 3 is 2.79 bits per heavy atom. The lowest BCUT2D eigenvalue weighted by Crippen LogP contribution is -2.19. The summed E-state index contributed by atoms with van der Waals surface area (Å²) in [6, 6.07) is 7.08. The highest BCUT2D eigenvalue weighted by Crippen LogP contribution is 2.11. The Morgan fingerprint density at radius 1 is 1.42 bits per heavy atom. The Bertz CT molecular complexity index is 595. The molecule has 1 amide bonds. The normalized spacial score (nSPS) is 10.8. The highest BCUT2D eigenvalue weighted by Gasteiger charge is 2.06. The maximum absolute atomic E-state index is 11.5. The molecule has 98 valence electrons. The van der Waals surface area contributed by atoms with Crippen LogP contribution in [0.25, 0.3) is 0 Å². The standard InChI is InChI=1S/C11H10ClN5OS/c12-8-3-1-7(2-4-8)6-14-15-9(18)5-10-16-17-11(13)19-10/h1-4,6H,5H2,(H2,13,17)(H,15,18). The molecule has 19 heavy (non-hydrogen) atoms. The average Bonchev–Trinajstić information content (AvgIpc) is 2.77. The van der Waals surface area contributed by atoms with Gasteiger partial charge in [-0.2, -0.15) is 5.10 Å². The van der Waals surface area contributed by atoms with Crippen molar-refractivity contribution in [3.8, 4) is 0 Å². The van der Waals surface area contributed by atoms with Gasteiger partial charge < -0.3 is 5.73 Å². The fraction of sp³-hybridized carbons (Fsp3) is 0.0909. The molecule has 1 aromatic heterocycles. The Morgan fingerprint density at radius 2 is 2.16 bits per heavy atom. The van der Waals surface area contributed by atoms with Gasteiger partial charge in [0.1, 0.15) is 5.01 Å². The number of nitrogens with zero attached hydrogens (tertiary/aromatic N) is 3. The van der Waals surface area contributed by atoms with Crippen molar-refractivity contribution in [3.05, 3.63) is 39.9 Å². The highest BCUT2D eigenvalue weighted by atomic mass is 35.5. The number of halogens is 1. The fourth-order valence-electron chi connectivity index (χ4n) is 1.24. The minimum atomic E-state index is -0.277. The van der Waals surface area contributed by atoms with E-state index < -0.39 is 0 Å². The van der Waals surface area contributed by atoms with Crippen LogP contribution in [-0.2, 0) is 11.2 Å². The van der Waals surface area contributed by atoms with Crippen molar-refractivity contribution in [2.75, 3.05) is 5.73 Å². The van der Waals surface area contributed by atoms with Crippen LogP contribution in [0.1, 0.15) is 10.6 Å². The quantitative estimate of drug-likeness (QED) is 0.660. The number of nitrogen functional groups attached to an aromatic ring is 1. The third kappa shape index (κ3) is 4.31. The van der Waals surface area contributed by atoms with Crippen molar-refractivity contribution in [2.45, 2.75) is 6.42 Å². The molecule has 0 saturated heterocycles. The third-order valence-corrected chi connectivity index (χ3v) is 3.07. The number of hydrazone groups is 1. The molecule has 0 unspecified atom stereocenters. The molecule has 0 aliphatic heterocycles. The number of nitrogens with two attached hydrogens (primary N) is 1. The second kappa shape index (κ2) is 6.26. The van der Waals surface area contributed by atoms with Gasteiger partial charge in [-0.1, -0.05) is 35.1 Å². The van der Waals surface area contributed by atoms with Gasteiger partial charge in [0.2, 0.25) is 11.0 Å². The number of anilines is 1. The molecule has 0 spiro atoms. The van der Waals surface area contributed by atoms with Crippen molar-refractivity contribution < 1.29 is 4.79 Å². The van der Waals surface area contributed by atoms with Gasteiger partial charge in [0, 0.05) is 5.02 Å². The first kappa shape index (κ1) is 13.4. The SMILES string of the molecule is Nc1nnc(CC(=O)NN=Cc2ccc(Cl)cc2)s1. The molecular weight excluding hydrogens is 286 g/mol. The number of hydrogen-bond donors (Lipinski definition) is 2. The van der Waals surface area contributed by atoms with Gasteiger partial charge in [-0.3, -0.25) is 4.79 Å². The summed E-state index contributed by atoms with van der Waals surface area (Å²) in [7, 11) is 0. The summed E-state index contributed by atoms with van der Waals surface area (Å²) in [5, 5.41) is 12.7. The molecule has 0 radical (unpaired) electrons. The average molecular weight is 296 g/mol. The molecule has 0 fully saturated rings. The molecule has 1 heterocycles. The van der Waals surface area contributed by atoms with Crippen LogP contribution in [0.4, 0.5) is 5.13 Å². The van der Waals surface area contributed by atoms with Gasteiger partial charge in [-0.05, 0) is 17.7 Å². The van der Waals surface area contributed by atoms with E-state index >= 15 is 0 Å². The van der Waals surface area contributed by atoms with Crippen LogP contribution in [0.5, 0.6) is 0 Å². The molecule has 0 aliphatic carbocycles. The van der Waals surface area contributed by atoms with Gasteiger partial charge in [0.05, 0.1) is 12.6 Å². The number of rotatable bonds is 4. The Kier molecular flexibility index (Phi) is 4.43. The number of benzene rings is 1. The monoisotopic (exact) mass is 295 g/mol. The van der Waals surface area contributed by atoms with E-state index in [4.69, 9.17) is 17.3 Å². The summed E-state index contributed by atoms with van der Waals surface area (Å²) in [5.41, 5.74) is 8.65. The number of carbonyl (C=O) groups excluding carboxylic acids is 1. The zero-order valence-corrected chi connectivity index (χ0v) is 11.3. The first-order valence-electron chi connectivity index (χ1n) is 5.29. The summed E-state index contributed by atoms with van der Waals surface area (Å²) in [6.45, 7) is 0. The van der Waals surface area contributed by atoms with Gasteiger partial charge in [-0.25, -0.2) is 5.43 Å². The van der Waals surface area contributed by atoms with E-state index in [1.54, 1.807) is 24.3 Å². The second-order valence-corrected chi connectivity index (χ2v) is 5.09. The van der Waals surface area contributed by atoms with Gasteiger partial charge in [-0.15, -0.1) is 10.2 Å². The molecule has 0 atom stereocenters. The molecule has 1 aromatic carbocycles. The largest absolute Gasteiger partial charge is 0.374 e. The molecule has 2 rings (SSSR count). The first-order valence-corrected chi connectivity index (χ1v) is 6.48. The Labute approximate surface area is 118 Å². The van der Waals surface area contributed by atoms with Crippen molar-refractivity contribution in [2.24, 2.45) is 5.10 Å². The maximum atomic E-state index is 11.5. The predicted molar refractivity (Wildman–Crippen MR) is 75.2 cm³/mol. The Balaban J connectivity index is 1.84. The van der Waals surface area contributed by atoms with Crippen molar-refractivity contribution in [1.82, 2.24) is 15.6 Å². The molecular formula is C11H10ClN5OS. The summed E-state index contributed by atoms with van der Waals surface area (Å²) in [4.78, 5) is 11.5. The Hall–Kier alpha value is -1.99. The van der Waals surface area contributed by atoms with E-state index in [-0.39, 0.29) is 12.3 Å². The lowest BCUT2D eigenvalue weighted by molar-refractivity contribution is -0.120. The summed E-state index contributed by atoms with van der Waals surface area (Å²) < 4.78 is 0. The highest BCUT2D eigenvalue weighted by molar-refractivity contribution is 7.15. The number of nitrogens with one attached hydrogen (secondary N) is 1. The number of amides is 1. The van der Waals surface area contributed by atoms with Gasteiger partial charge >= 0.3 is 0 Å². The van der Waals surface area contributed by atoms with E-state index in [9.17, 15) is 4.79 Å². The van der Waals surface area contributed by atoms with Crippen LogP contribution in [0, 0.1) is 0 Å². The topological polar surface area (TPSA) is 93.3 Å². The maximum Gasteiger partial charge on any atom is 0.247 e. The number of hydrogen-bond acceptors (Lipinski definition) is 6. The van der Waals surface area contributed by atoms with Crippen LogP contribution >= 0.6 is 22.9 Å². The van der Waals surface area contributed by atoms with Crippen molar-refractivity contribution in [3.63, 3.8) is 0 Å². The summed E-state index contributed by atoms with van der Waals surface area (Å²) >= 11 is 6.93. The third-order valence-electron chi connectivity index (χ3n) is 2.07. The first-order chi connectivity index (χ1) is 9.13. The van der Waals surface area contributed by atoms with E-state index in [2.05, 4.69) is 20.7 Å². The summed E-state index contributed by atoms with van der Waals surface area (Å²) in [6.07, 6.45) is 1.63. The lowest BCUT2D eigenvalue weighted by Gasteiger charge is -1.96. The molecule has 0 aliphatic rings. The van der Waals surface area contributed by atoms with Crippen LogP contribution in [0.2, 0.25) is 5.02 Å². The number of carbonyl (C=O) groups is 1. The zero-order chi connectivity index (χ0) is 13.7. The molecule has 0 saturated carbocycles. The van der Waals surface area contributed by atoms with E-state index in [0.717, 1.165) is 5.56 Å². The van der Waals surface area contributed by atoms with Crippen LogP contribution in [0.15, 0.2) is 29.4 Å². The fourth-order valence-corrected chi connectivity index (χ4v) is 1.98. The van der Waals surface area contributed by atoms with Crippen molar-refractivity contribution in [1.29, 1.82) is 0 Å². The van der Waals surface area contributed by atoms with Crippen LogP contribution in [0.3, 0.4) is 0 Å². The van der Waals surface area contributed by atoms with Gasteiger partial charge in [0.25, 0.3) is 0 Å². The molecule has 8 heteroatoms. The molecule has 2 aromatic rings. The minimum absolute atomic E-state index is 0.104. The van der Waals surface area contributed by atoms with Gasteiger partial charge in [0.15, 0.2) is 0 Å². The minimum Gasteiger partial charge on any atom is -0.374 e. The van der Waals surface area contributed by atoms with E-state index in [1.165, 1.54) is 17.6 Å². The summed E-state index contributed by atoms with van der Waals surface area (Å²) in [5.74, 6) is -0.277. The smallest absolute Gasteiger partial charge is 0.247 e. The number of aromatic nitrogens is 2. The van der Waals surface area contributed by atoms with Crippen LogP contribution < -0.4 is 11.2 Å².